The van der Waals surface area contributed by atoms with Gasteiger partial charge in [-0.2, -0.15) is 0 Å². The van der Waals surface area contributed by atoms with Gasteiger partial charge >= 0.3 is 0 Å². The molecule has 0 N–H and O–H groups in total. The van der Waals surface area contributed by atoms with Crippen molar-refractivity contribution in [2.24, 2.45) is 0 Å². The summed E-state index contributed by atoms with van der Waals surface area (Å²) in [7, 11) is 0. The molecular formula is C40H31N. The van der Waals surface area contributed by atoms with Crippen LogP contribution in [0.1, 0.15) is 30.5 Å². The second kappa shape index (κ2) is 8.81. The van der Waals surface area contributed by atoms with Gasteiger partial charge in [-0.25, -0.2) is 0 Å². The molecule has 0 saturated carbocycles. The van der Waals surface area contributed by atoms with E-state index < -0.39 is 0 Å². The third-order valence-electron chi connectivity index (χ3n) is 9.08. The standard InChI is InChI=1S/C40H31N/c1-26-15-17-27(18-16-26)28-9-8-10-29(23-28)30-19-22-39-35(24-30)34-12-5-7-14-38(34)41(39)31-20-21-33-32-11-4-6-13-36(32)40(2,3)37(33)25-31/h4-25H,1-3H3. The molecule has 1 aromatic heterocycles. The average Bonchev–Trinajstić information content (AvgIpc) is 3.46. The summed E-state index contributed by atoms with van der Waals surface area (Å²) in [6, 6.07) is 49.3. The Morgan fingerprint density at radius 1 is 0.463 bits per heavy atom. The zero-order valence-corrected chi connectivity index (χ0v) is 23.6. The van der Waals surface area contributed by atoms with Gasteiger partial charge in [0.1, 0.15) is 0 Å². The third kappa shape index (κ3) is 3.62. The number of hydrogen-bond donors (Lipinski definition) is 0. The van der Waals surface area contributed by atoms with Crippen LogP contribution in [0, 0.1) is 6.92 Å². The lowest BCUT2D eigenvalue weighted by molar-refractivity contribution is 0.660. The molecule has 1 heterocycles. The quantitative estimate of drug-likeness (QED) is 0.216. The van der Waals surface area contributed by atoms with Gasteiger partial charge in [-0.1, -0.05) is 116 Å². The summed E-state index contributed by atoms with van der Waals surface area (Å²) >= 11 is 0. The lowest BCUT2D eigenvalue weighted by atomic mass is 9.82. The maximum atomic E-state index is 2.44. The summed E-state index contributed by atoms with van der Waals surface area (Å²) in [5.41, 5.74) is 15.4. The predicted molar refractivity (Wildman–Crippen MR) is 174 cm³/mol. The minimum atomic E-state index is -0.0314. The SMILES string of the molecule is Cc1ccc(-c2cccc(-c3ccc4c(c3)c3ccccc3n4-c3ccc4c(c3)C(C)(C)c3ccccc3-4)c2)cc1. The van der Waals surface area contributed by atoms with E-state index in [1.54, 1.807) is 0 Å². The average molecular weight is 526 g/mol. The van der Waals surface area contributed by atoms with Gasteiger partial charge in [0.2, 0.25) is 0 Å². The molecule has 41 heavy (non-hydrogen) atoms. The van der Waals surface area contributed by atoms with Gasteiger partial charge in [0.15, 0.2) is 0 Å². The number of para-hydroxylation sites is 1. The normalized spacial score (nSPS) is 13.4. The van der Waals surface area contributed by atoms with Gasteiger partial charge in [-0.3, -0.25) is 0 Å². The Labute approximate surface area is 241 Å². The zero-order chi connectivity index (χ0) is 27.7. The van der Waals surface area contributed by atoms with Crippen molar-refractivity contribution in [3.8, 4) is 39.1 Å². The van der Waals surface area contributed by atoms with E-state index >= 15 is 0 Å². The molecule has 7 aromatic rings. The number of rotatable bonds is 3. The van der Waals surface area contributed by atoms with Crippen LogP contribution in [0.25, 0.3) is 60.9 Å². The van der Waals surface area contributed by atoms with Crippen LogP contribution >= 0.6 is 0 Å². The minimum Gasteiger partial charge on any atom is -0.309 e. The number of benzene rings is 6. The molecule has 6 aromatic carbocycles. The molecule has 8 rings (SSSR count). The first-order valence-corrected chi connectivity index (χ1v) is 14.4. The molecule has 1 nitrogen and oxygen atoms in total. The van der Waals surface area contributed by atoms with E-state index in [1.165, 1.54) is 77.6 Å². The molecule has 0 bridgehead atoms. The molecule has 0 spiro atoms. The summed E-state index contributed by atoms with van der Waals surface area (Å²) in [5, 5.41) is 2.56. The van der Waals surface area contributed by atoms with Crippen LogP contribution in [0.4, 0.5) is 0 Å². The number of fused-ring (bicyclic) bond motifs is 6. The largest absolute Gasteiger partial charge is 0.309 e. The first-order valence-electron chi connectivity index (χ1n) is 14.4. The first kappa shape index (κ1) is 24.0. The predicted octanol–water partition coefficient (Wildman–Crippen LogP) is 10.7. The molecule has 0 amide bonds. The fourth-order valence-electron chi connectivity index (χ4n) is 6.89. The van der Waals surface area contributed by atoms with Crippen molar-refractivity contribution in [3.63, 3.8) is 0 Å². The highest BCUT2D eigenvalue weighted by molar-refractivity contribution is 6.10. The summed E-state index contributed by atoms with van der Waals surface area (Å²) in [5.74, 6) is 0. The van der Waals surface area contributed by atoms with E-state index in [-0.39, 0.29) is 5.41 Å². The van der Waals surface area contributed by atoms with E-state index in [1.807, 2.05) is 0 Å². The highest BCUT2D eigenvalue weighted by atomic mass is 15.0. The van der Waals surface area contributed by atoms with Gasteiger partial charge in [-0.05, 0) is 87.8 Å². The number of hydrogen-bond acceptors (Lipinski definition) is 0. The van der Waals surface area contributed by atoms with Crippen LogP contribution in [0.2, 0.25) is 0 Å². The highest BCUT2D eigenvalue weighted by Crippen LogP contribution is 2.49. The number of aryl methyl sites for hydroxylation is 1. The minimum absolute atomic E-state index is 0.0314. The summed E-state index contributed by atoms with van der Waals surface area (Å²) in [4.78, 5) is 0. The molecule has 0 unspecified atom stereocenters. The van der Waals surface area contributed by atoms with E-state index in [0.717, 1.165) is 0 Å². The van der Waals surface area contributed by atoms with Crippen molar-refractivity contribution in [2.45, 2.75) is 26.2 Å². The topological polar surface area (TPSA) is 4.93 Å². The Morgan fingerprint density at radius 3 is 1.98 bits per heavy atom. The monoisotopic (exact) mass is 525 g/mol. The van der Waals surface area contributed by atoms with Crippen LogP contribution in [0.15, 0.2) is 133 Å². The molecule has 1 aliphatic rings. The van der Waals surface area contributed by atoms with Crippen molar-refractivity contribution in [1.29, 1.82) is 0 Å². The second-order valence-electron chi connectivity index (χ2n) is 11.9. The molecular weight excluding hydrogens is 494 g/mol. The van der Waals surface area contributed by atoms with Crippen molar-refractivity contribution >= 4 is 21.8 Å². The van der Waals surface area contributed by atoms with Crippen LogP contribution < -0.4 is 0 Å². The maximum absolute atomic E-state index is 2.44. The van der Waals surface area contributed by atoms with Crippen LogP contribution in [-0.4, -0.2) is 4.57 Å². The van der Waals surface area contributed by atoms with Crippen LogP contribution in [0.5, 0.6) is 0 Å². The third-order valence-corrected chi connectivity index (χ3v) is 9.08. The molecule has 0 fully saturated rings. The van der Waals surface area contributed by atoms with Crippen LogP contribution in [0.3, 0.4) is 0 Å². The fourth-order valence-corrected chi connectivity index (χ4v) is 6.89. The van der Waals surface area contributed by atoms with Gasteiger partial charge < -0.3 is 4.57 Å². The van der Waals surface area contributed by atoms with Crippen molar-refractivity contribution in [3.05, 3.63) is 150 Å². The number of aromatic nitrogens is 1. The van der Waals surface area contributed by atoms with E-state index in [4.69, 9.17) is 0 Å². The zero-order valence-electron chi connectivity index (χ0n) is 23.6. The smallest absolute Gasteiger partial charge is 0.0541 e. The molecule has 0 aliphatic heterocycles. The van der Waals surface area contributed by atoms with E-state index in [9.17, 15) is 0 Å². The number of nitrogens with zero attached hydrogens (tertiary/aromatic N) is 1. The molecule has 196 valence electrons. The van der Waals surface area contributed by atoms with Crippen molar-refractivity contribution < 1.29 is 0 Å². The Balaban J connectivity index is 1.29. The molecule has 1 aliphatic carbocycles. The van der Waals surface area contributed by atoms with Gasteiger partial charge in [-0.15, -0.1) is 0 Å². The molecule has 0 saturated heterocycles. The summed E-state index contributed by atoms with van der Waals surface area (Å²) < 4.78 is 2.44. The maximum Gasteiger partial charge on any atom is 0.0541 e. The van der Waals surface area contributed by atoms with Crippen molar-refractivity contribution in [1.82, 2.24) is 4.57 Å². The second-order valence-corrected chi connectivity index (χ2v) is 11.9. The Hall–Kier alpha value is -4.88. The van der Waals surface area contributed by atoms with Gasteiger partial charge in [0, 0.05) is 21.9 Å². The van der Waals surface area contributed by atoms with E-state index in [0.29, 0.717) is 0 Å². The summed E-state index contributed by atoms with van der Waals surface area (Å²) in [6.07, 6.45) is 0. The first-order chi connectivity index (χ1) is 20.0. The molecule has 0 atom stereocenters. The fraction of sp³-hybridized carbons (Fsp3) is 0.100. The van der Waals surface area contributed by atoms with Crippen molar-refractivity contribution in [2.75, 3.05) is 0 Å². The summed E-state index contributed by atoms with van der Waals surface area (Å²) in [6.45, 7) is 6.84. The Morgan fingerprint density at radius 2 is 1.12 bits per heavy atom. The molecule has 1 heteroatoms. The highest BCUT2D eigenvalue weighted by Gasteiger charge is 2.35. The lowest BCUT2D eigenvalue weighted by Crippen LogP contribution is -2.15. The van der Waals surface area contributed by atoms with E-state index in [2.05, 4.69) is 159 Å². The Bertz CT molecular complexity index is 2120. The lowest BCUT2D eigenvalue weighted by Gasteiger charge is -2.22. The van der Waals surface area contributed by atoms with Gasteiger partial charge in [0.25, 0.3) is 0 Å². The van der Waals surface area contributed by atoms with Crippen LogP contribution in [-0.2, 0) is 5.41 Å². The molecule has 0 radical (unpaired) electrons. The Kier molecular flexibility index (Phi) is 5.15. The van der Waals surface area contributed by atoms with Gasteiger partial charge in [0.05, 0.1) is 11.0 Å².